The van der Waals surface area contributed by atoms with Crippen molar-refractivity contribution < 1.29 is 26.4 Å². The summed E-state index contributed by atoms with van der Waals surface area (Å²) in [6, 6.07) is 9.31. The number of nitrogens with one attached hydrogen (secondary N) is 4. The SMILES string of the molecule is CCS(=O)(=O)Nc1ncccc1CNc1nc(Nc2cccc(C(=O)NC)c2)ncc1C(F)(F)F. The van der Waals surface area contributed by atoms with Gasteiger partial charge in [-0.2, -0.15) is 18.2 Å². The fraction of sp³-hybridized carbons (Fsp3) is 0.238. The van der Waals surface area contributed by atoms with Crippen molar-refractivity contribution in [2.24, 2.45) is 0 Å². The van der Waals surface area contributed by atoms with Crippen LogP contribution in [0.15, 0.2) is 48.8 Å². The lowest BCUT2D eigenvalue weighted by Gasteiger charge is -2.16. The fourth-order valence-corrected chi connectivity index (χ4v) is 3.49. The molecule has 2 heterocycles. The molecule has 3 aromatic rings. The lowest BCUT2D eigenvalue weighted by molar-refractivity contribution is -0.137. The van der Waals surface area contributed by atoms with E-state index in [0.717, 1.165) is 0 Å². The highest BCUT2D eigenvalue weighted by Gasteiger charge is 2.35. The van der Waals surface area contributed by atoms with E-state index in [2.05, 4.69) is 35.6 Å². The Bertz CT molecular complexity index is 1320. The van der Waals surface area contributed by atoms with Gasteiger partial charge in [-0.3, -0.25) is 9.52 Å². The molecule has 0 unspecified atom stereocenters. The lowest BCUT2D eigenvalue weighted by atomic mass is 10.2. The minimum atomic E-state index is -4.75. The smallest absolute Gasteiger partial charge is 0.365 e. The number of carbonyl (C=O) groups excluding carboxylic acids is 1. The zero-order valence-corrected chi connectivity index (χ0v) is 19.5. The zero-order valence-electron chi connectivity index (χ0n) is 18.6. The van der Waals surface area contributed by atoms with Gasteiger partial charge in [0.2, 0.25) is 16.0 Å². The Morgan fingerprint density at radius 1 is 1.09 bits per heavy atom. The van der Waals surface area contributed by atoms with Gasteiger partial charge < -0.3 is 16.0 Å². The van der Waals surface area contributed by atoms with Gasteiger partial charge >= 0.3 is 6.18 Å². The number of anilines is 4. The maximum Gasteiger partial charge on any atom is 0.421 e. The molecule has 0 saturated heterocycles. The number of nitrogens with zero attached hydrogens (tertiary/aromatic N) is 3. The van der Waals surface area contributed by atoms with Gasteiger partial charge in [0.05, 0.1) is 5.75 Å². The van der Waals surface area contributed by atoms with Gasteiger partial charge in [0.15, 0.2) is 0 Å². The first-order chi connectivity index (χ1) is 16.5. The van der Waals surface area contributed by atoms with Crippen molar-refractivity contribution in [1.82, 2.24) is 20.3 Å². The molecule has 0 bridgehead atoms. The number of carbonyl (C=O) groups is 1. The summed E-state index contributed by atoms with van der Waals surface area (Å²) < 4.78 is 66.8. The predicted molar refractivity (Wildman–Crippen MR) is 125 cm³/mol. The summed E-state index contributed by atoms with van der Waals surface area (Å²) in [5, 5.41) is 7.85. The highest BCUT2D eigenvalue weighted by atomic mass is 32.2. The topological polar surface area (TPSA) is 138 Å². The van der Waals surface area contributed by atoms with E-state index in [4.69, 9.17) is 0 Å². The third kappa shape index (κ3) is 6.79. The van der Waals surface area contributed by atoms with E-state index in [1.165, 1.54) is 38.4 Å². The minimum absolute atomic E-state index is 0.00571. The Balaban J connectivity index is 1.88. The van der Waals surface area contributed by atoms with Gasteiger partial charge in [-0.1, -0.05) is 12.1 Å². The number of hydrogen-bond donors (Lipinski definition) is 4. The fourth-order valence-electron chi connectivity index (χ4n) is 2.87. The summed E-state index contributed by atoms with van der Waals surface area (Å²) in [6.07, 6.45) is -2.76. The van der Waals surface area contributed by atoms with E-state index in [1.807, 2.05) is 0 Å². The van der Waals surface area contributed by atoms with Crippen LogP contribution in [0.2, 0.25) is 0 Å². The van der Waals surface area contributed by atoms with Crippen LogP contribution in [-0.2, 0) is 22.7 Å². The van der Waals surface area contributed by atoms with Crippen molar-refractivity contribution >= 4 is 39.2 Å². The van der Waals surface area contributed by atoms with Crippen molar-refractivity contribution in [3.63, 3.8) is 0 Å². The molecule has 35 heavy (non-hydrogen) atoms. The van der Waals surface area contributed by atoms with E-state index in [9.17, 15) is 26.4 Å². The third-order valence-electron chi connectivity index (χ3n) is 4.67. The first-order valence-corrected chi connectivity index (χ1v) is 11.9. The third-order valence-corrected chi connectivity index (χ3v) is 5.94. The average molecular weight is 510 g/mol. The van der Waals surface area contributed by atoms with Crippen molar-refractivity contribution in [2.45, 2.75) is 19.6 Å². The molecule has 4 N–H and O–H groups in total. The molecule has 14 heteroatoms. The maximum absolute atomic E-state index is 13.6. The first kappa shape index (κ1) is 25.7. The summed E-state index contributed by atoms with van der Waals surface area (Å²) >= 11 is 0. The van der Waals surface area contributed by atoms with E-state index < -0.39 is 27.6 Å². The van der Waals surface area contributed by atoms with Crippen LogP contribution in [0.25, 0.3) is 0 Å². The average Bonchev–Trinajstić information content (AvgIpc) is 2.82. The Morgan fingerprint density at radius 3 is 2.54 bits per heavy atom. The molecular formula is C21H22F3N7O3S. The van der Waals surface area contributed by atoms with Crippen LogP contribution in [0.4, 0.5) is 36.4 Å². The summed E-state index contributed by atoms with van der Waals surface area (Å²) in [4.78, 5) is 23.5. The molecule has 1 amide bonds. The van der Waals surface area contributed by atoms with Gasteiger partial charge in [-0.05, 0) is 31.2 Å². The molecule has 0 radical (unpaired) electrons. The standard InChI is InChI=1S/C21H22F3N7O3S/c1-3-35(33,34)31-17-14(7-5-9-26-17)11-27-18-16(21(22,23)24)12-28-20(30-18)29-15-8-4-6-13(10-15)19(32)25-2/h4-10,12H,3,11H2,1-2H3,(H,25,32)(H,26,31)(H2,27,28,29,30). The largest absolute Gasteiger partial charge is 0.421 e. The first-order valence-electron chi connectivity index (χ1n) is 10.2. The Labute approximate surface area is 199 Å². The summed E-state index contributed by atoms with van der Waals surface area (Å²) in [5.41, 5.74) is -0.0764. The van der Waals surface area contributed by atoms with Crippen LogP contribution in [-0.4, -0.2) is 42.1 Å². The number of alkyl halides is 3. The molecule has 0 aliphatic rings. The second kappa shape index (κ2) is 10.5. The van der Waals surface area contributed by atoms with E-state index >= 15 is 0 Å². The Kier molecular flexibility index (Phi) is 7.74. The number of aromatic nitrogens is 3. The van der Waals surface area contributed by atoms with Crippen LogP contribution in [0.5, 0.6) is 0 Å². The number of benzene rings is 1. The summed E-state index contributed by atoms with van der Waals surface area (Å²) in [7, 11) is -2.17. The zero-order chi connectivity index (χ0) is 25.6. The molecular weight excluding hydrogens is 487 g/mol. The van der Waals surface area contributed by atoms with Gasteiger partial charge in [0.1, 0.15) is 17.2 Å². The van der Waals surface area contributed by atoms with Gasteiger partial charge in [0.25, 0.3) is 5.91 Å². The number of sulfonamides is 1. The van der Waals surface area contributed by atoms with Crippen molar-refractivity contribution in [3.8, 4) is 0 Å². The monoisotopic (exact) mass is 509 g/mol. The molecule has 0 aliphatic carbocycles. The summed E-state index contributed by atoms with van der Waals surface area (Å²) in [6.45, 7) is 1.24. The normalized spacial score (nSPS) is 11.6. The Morgan fingerprint density at radius 2 is 1.86 bits per heavy atom. The van der Waals surface area contributed by atoms with Crippen LogP contribution in [0.1, 0.15) is 28.4 Å². The summed E-state index contributed by atoms with van der Waals surface area (Å²) in [5.74, 6) is -1.21. The number of hydrogen-bond acceptors (Lipinski definition) is 8. The van der Waals surface area contributed by atoms with E-state index in [0.29, 0.717) is 23.0 Å². The molecule has 0 atom stereocenters. The molecule has 3 rings (SSSR count). The molecule has 0 aliphatic heterocycles. The predicted octanol–water partition coefficient (Wildman–Crippen LogP) is 3.37. The van der Waals surface area contributed by atoms with Crippen LogP contribution in [0, 0.1) is 0 Å². The number of amides is 1. The van der Waals surface area contributed by atoms with Crippen molar-refractivity contribution in [3.05, 3.63) is 65.5 Å². The maximum atomic E-state index is 13.6. The Hall–Kier alpha value is -3.94. The van der Waals surface area contributed by atoms with E-state index in [-0.39, 0.29) is 30.0 Å². The molecule has 1 aromatic carbocycles. The van der Waals surface area contributed by atoms with E-state index in [1.54, 1.807) is 18.2 Å². The molecule has 0 fully saturated rings. The number of halogens is 3. The van der Waals surface area contributed by atoms with Crippen molar-refractivity contribution in [2.75, 3.05) is 28.2 Å². The van der Waals surface area contributed by atoms with Gasteiger partial charge in [-0.25, -0.2) is 18.4 Å². The van der Waals surface area contributed by atoms with Gasteiger partial charge in [-0.15, -0.1) is 0 Å². The quantitative estimate of drug-likeness (QED) is 0.345. The molecule has 2 aromatic heterocycles. The minimum Gasteiger partial charge on any atom is -0.365 e. The highest BCUT2D eigenvalue weighted by Crippen LogP contribution is 2.34. The second-order valence-electron chi connectivity index (χ2n) is 7.11. The van der Waals surface area contributed by atoms with Crippen molar-refractivity contribution in [1.29, 1.82) is 0 Å². The number of pyridine rings is 1. The molecule has 10 nitrogen and oxygen atoms in total. The lowest BCUT2D eigenvalue weighted by Crippen LogP contribution is -2.18. The van der Waals surface area contributed by atoms with Crippen LogP contribution in [0.3, 0.4) is 0 Å². The molecule has 186 valence electrons. The number of rotatable bonds is 9. The van der Waals surface area contributed by atoms with Crippen LogP contribution < -0.4 is 20.7 Å². The second-order valence-corrected chi connectivity index (χ2v) is 9.12. The highest BCUT2D eigenvalue weighted by molar-refractivity contribution is 7.92. The van der Waals surface area contributed by atoms with Crippen LogP contribution >= 0.6 is 0 Å². The van der Waals surface area contributed by atoms with Gasteiger partial charge in [0, 0.05) is 42.8 Å². The molecule has 0 saturated carbocycles. The molecule has 0 spiro atoms.